The van der Waals surface area contributed by atoms with E-state index in [4.69, 9.17) is 48.4 Å². The number of pyridine rings is 2. The minimum atomic E-state index is -0.358. The van der Waals surface area contributed by atoms with Crippen LogP contribution < -0.4 is 24.3 Å². The summed E-state index contributed by atoms with van der Waals surface area (Å²) in [7, 11) is 0. The van der Waals surface area contributed by atoms with E-state index in [9.17, 15) is 4.79 Å². The first-order valence-electron chi connectivity index (χ1n) is 42.4. The number of aromatic nitrogens is 6. The molecule has 18 bridgehead atoms. The molecular weight excluding hydrogens is 1500 g/mol. The van der Waals surface area contributed by atoms with Gasteiger partial charge in [0, 0.05) is 83.5 Å². The Hall–Kier alpha value is -12.2. The molecule has 0 atom stereocenters. The minimum absolute atomic E-state index is 0.153. The molecule has 10 heterocycles. The summed E-state index contributed by atoms with van der Waals surface area (Å²) in [5.74, 6) is 1.93. The van der Waals surface area contributed by atoms with E-state index in [2.05, 4.69) is 279 Å². The van der Waals surface area contributed by atoms with Gasteiger partial charge in [0.15, 0.2) is 0 Å². The molecule has 14 nitrogen and oxygen atoms in total. The first-order chi connectivity index (χ1) is 57.6. The van der Waals surface area contributed by atoms with Gasteiger partial charge >= 0.3 is 0 Å². The Balaban J connectivity index is 0.765. The standard InChI is InChI=1S/C107H111N7O7/c1-102(2,3)74-53-70(54-75(61-74)103(4,5)6)96-89-39-37-87(109-89)95(88-38-40-90(110-88)97(71-55-76(104(7,8)9)62-77(56-71)105(10,11)12)92-42-44-94(112-92)98(93-43-41-91(96)111-93)72-57-78(106(13,14)15)63-79(58-72)107(16,17)18)67-21-29-80(30-22-67)108-101(115)73-59-83-64-84(60-73)121-52-48-117-46-50-119-82-33-25-66(26-34-82)86-36-28-69-20-19-68-27-35-85(113-99(68)100(69)114-86)65-23-31-81(32-24-65)118-49-45-116-47-51-120-83/h19-44,53-64,109,112H,45-52H2,1-18H3,(H,108,115). The lowest BCUT2D eigenvalue weighted by atomic mass is 9.78. The lowest BCUT2D eigenvalue weighted by Gasteiger charge is -2.26. The fourth-order valence-electron chi connectivity index (χ4n) is 15.7. The SMILES string of the molecule is CC(C)(C)c1cc(-c2c3nc(c(-c4cc(C(C)(C)C)cc(C(C)(C)C)c4)c4ccc([nH]4)c(-c4cc(C(C)(C)C)cc(C(C)(C)C)c4)c4nc(c(-c5ccc(NC(=O)c6cc7cc(c6)OCCOCCOc6ccc(cc6)-c6ccc8ccc9ccc(nc9c8n6)-c6ccc(cc6)OCCOCCO7)cc5)c5ccc2[nH]5)C=C4)C=C3)cc(C(C)(C)C)c1. The van der Waals surface area contributed by atoms with Crippen LogP contribution in [0.25, 0.3) is 135 Å². The predicted octanol–water partition coefficient (Wildman–Crippen LogP) is 26.1. The number of H-pyrrole nitrogens is 2. The van der Waals surface area contributed by atoms with E-state index in [1.165, 1.54) is 33.4 Å². The molecule has 0 saturated heterocycles. The number of hydrogen-bond donors (Lipinski definition) is 3. The summed E-state index contributed by atoms with van der Waals surface area (Å²) >= 11 is 0. The highest BCUT2D eigenvalue weighted by Gasteiger charge is 2.29. The largest absolute Gasteiger partial charge is 0.491 e. The zero-order valence-corrected chi connectivity index (χ0v) is 73.2. The van der Waals surface area contributed by atoms with Gasteiger partial charge in [-0.15, -0.1) is 0 Å². The second-order valence-corrected chi connectivity index (χ2v) is 38.4. The summed E-state index contributed by atoms with van der Waals surface area (Å²) in [5.41, 5.74) is 27.4. The molecule has 13 aromatic rings. The van der Waals surface area contributed by atoms with Crippen LogP contribution in [-0.4, -0.2) is 88.7 Å². The Morgan fingerprint density at radius 2 is 0.579 bits per heavy atom. The number of rotatable bonds is 6. The van der Waals surface area contributed by atoms with E-state index >= 15 is 0 Å². The number of amides is 1. The second kappa shape index (κ2) is 32.7. The normalized spacial score (nSPS) is 14.1. The third-order valence-corrected chi connectivity index (χ3v) is 23.0. The third-order valence-electron chi connectivity index (χ3n) is 23.0. The fourth-order valence-corrected chi connectivity index (χ4v) is 15.7. The fraction of sp³-hybridized carbons (Fsp3) is 0.299. The van der Waals surface area contributed by atoms with Crippen molar-refractivity contribution in [3.63, 3.8) is 0 Å². The molecule has 121 heavy (non-hydrogen) atoms. The molecule has 0 spiro atoms. The second-order valence-electron chi connectivity index (χ2n) is 38.4. The summed E-state index contributed by atoms with van der Waals surface area (Å²) < 4.78 is 37.0. The van der Waals surface area contributed by atoms with Gasteiger partial charge in [0.25, 0.3) is 5.91 Å². The van der Waals surface area contributed by atoms with Crippen molar-refractivity contribution >= 4 is 79.8 Å². The van der Waals surface area contributed by atoms with Gasteiger partial charge in [-0.25, -0.2) is 19.9 Å². The van der Waals surface area contributed by atoms with Gasteiger partial charge < -0.3 is 43.7 Å². The van der Waals surface area contributed by atoms with Crippen LogP contribution in [0.1, 0.15) is 191 Å². The number of anilines is 1. The number of carbonyl (C=O) groups is 1. The first kappa shape index (κ1) is 82.5. The number of nitrogens with zero attached hydrogens (tertiary/aromatic N) is 4. The van der Waals surface area contributed by atoms with E-state index in [0.717, 1.165) is 134 Å². The van der Waals surface area contributed by atoms with Gasteiger partial charge in [0.2, 0.25) is 0 Å². The molecule has 1 amide bonds. The molecule has 5 aliphatic heterocycles. The van der Waals surface area contributed by atoms with Gasteiger partial charge in [-0.05, 0) is 222 Å². The number of nitrogens with one attached hydrogen (secondary N) is 3. The Bertz CT molecular complexity index is 6070. The van der Waals surface area contributed by atoms with E-state index in [1.54, 1.807) is 18.2 Å². The summed E-state index contributed by atoms with van der Waals surface area (Å²) in [4.78, 5) is 45.0. The number of carbonyl (C=O) groups excluding carboxylic acids is 1. The maximum Gasteiger partial charge on any atom is 0.255 e. The molecule has 8 aromatic carbocycles. The number of hydrogen-bond acceptors (Lipinski definition) is 11. The third kappa shape index (κ3) is 18.3. The van der Waals surface area contributed by atoms with Crippen molar-refractivity contribution < 1.29 is 33.2 Å². The number of benzene rings is 8. The molecule has 5 aromatic heterocycles. The summed E-state index contributed by atoms with van der Waals surface area (Å²) in [6.45, 7) is 43.5. The summed E-state index contributed by atoms with van der Waals surface area (Å²) in [6, 6.07) is 71.8. The van der Waals surface area contributed by atoms with Crippen molar-refractivity contribution in [3.8, 4) is 90.0 Å². The highest BCUT2D eigenvalue weighted by molar-refractivity contribution is 6.07. The van der Waals surface area contributed by atoms with E-state index in [-0.39, 0.29) is 64.8 Å². The van der Waals surface area contributed by atoms with E-state index < -0.39 is 0 Å². The Kier molecular flexibility index (Phi) is 22.3. The zero-order valence-electron chi connectivity index (χ0n) is 73.2. The monoisotopic (exact) mass is 1610 g/mol. The molecular formula is C107H111N7O7. The number of ether oxygens (including phenoxy) is 6. The molecule has 0 aliphatic carbocycles. The average molecular weight is 1610 g/mol. The lowest BCUT2D eigenvalue weighted by molar-refractivity contribution is 0.0746. The zero-order chi connectivity index (χ0) is 85.1. The van der Waals surface area contributed by atoms with E-state index in [1.807, 2.05) is 72.8 Å². The first-order valence-corrected chi connectivity index (χ1v) is 42.4. The molecule has 14 heteroatoms. The van der Waals surface area contributed by atoms with Crippen LogP contribution >= 0.6 is 0 Å². The van der Waals surface area contributed by atoms with Crippen molar-refractivity contribution in [2.24, 2.45) is 0 Å². The van der Waals surface area contributed by atoms with Crippen LogP contribution in [0, 0.1) is 0 Å². The quantitative estimate of drug-likeness (QED) is 0.136. The van der Waals surface area contributed by atoms with Gasteiger partial charge in [-0.3, -0.25) is 4.79 Å². The smallest absolute Gasteiger partial charge is 0.255 e. The van der Waals surface area contributed by atoms with Gasteiger partial charge in [-0.2, -0.15) is 0 Å². The van der Waals surface area contributed by atoms with Crippen LogP contribution in [0.5, 0.6) is 23.0 Å². The van der Waals surface area contributed by atoms with Crippen LogP contribution in [0.2, 0.25) is 0 Å². The highest BCUT2D eigenvalue weighted by Crippen LogP contribution is 2.45. The lowest BCUT2D eigenvalue weighted by Crippen LogP contribution is -2.16. The molecule has 3 N–H and O–H groups in total. The predicted molar refractivity (Wildman–Crippen MR) is 499 cm³/mol. The van der Waals surface area contributed by atoms with Crippen LogP contribution in [0.4, 0.5) is 5.69 Å². The maximum atomic E-state index is 14.9. The Labute approximate surface area is 711 Å². The van der Waals surface area contributed by atoms with Crippen molar-refractivity contribution in [1.82, 2.24) is 29.9 Å². The summed E-state index contributed by atoms with van der Waals surface area (Å²) in [6.07, 6.45) is 8.74. The van der Waals surface area contributed by atoms with Crippen molar-refractivity contribution in [2.45, 2.75) is 157 Å². The maximum absolute atomic E-state index is 14.9. The van der Waals surface area contributed by atoms with Crippen LogP contribution in [0.3, 0.4) is 0 Å². The van der Waals surface area contributed by atoms with Crippen LogP contribution in [0.15, 0.2) is 206 Å². The van der Waals surface area contributed by atoms with Gasteiger partial charge in [-0.1, -0.05) is 216 Å². The molecule has 0 radical (unpaired) electrons. The Morgan fingerprint density at radius 1 is 0.289 bits per heavy atom. The topological polar surface area (TPSA) is 168 Å². The Morgan fingerprint density at radius 3 is 0.893 bits per heavy atom. The summed E-state index contributed by atoms with van der Waals surface area (Å²) in [5, 5.41) is 5.24. The van der Waals surface area contributed by atoms with Gasteiger partial charge in [0.05, 0.1) is 71.6 Å². The van der Waals surface area contributed by atoms with Crippen molar-refractivity contribution in [3.05, 3.63) is 268 Å². The number of fused-ring (bicyclic) bond motifs is 10. The van der Waals surface area contributed by atoms with Gasteiger partial charge in [0.1, 0.15) is 49.4 Å². The number of aromatic amines is 2. The molecule has 5 aliphatic rings. The molecule has 616 valence electrons. The molecule has 0 saturated carbocycles. The molecule has 0 fully saturated rings. The van der Waals surface area contributed by atoms with Crippen molar-refractivity contribution in [2.75, 3.05) is 58.2 Å². The average Bonchev–Trinajstić information content (AvgIpc) is 1.73. The van der Waals surface area contributed by atoms with Crippen molar-refractivity contribution in [1.29, 1.82) is 0 Å². The van der Waals surface area contributed by atoms with E-state index in [0.29, 0.717) is 60.7 Å². The molecule has 18 rings (SSSR count). The highest BCUT2D eigenvalue weighted by atomic mass is 16.6. The molecule has 0 unspecified atom stereocenters. The minimum Gasteiger partial charge on any atom is -0.491 e. The van der Waals surface area contributed by atoms with Crippen LogP contribution in [-0.2, 0) is 42.0 Å².